The third-order valence-corrected chi connectivity index (χ3v) is 20.5. The summed E-state index contributed by atoms with van der Waals surface area (Å²) < 4.78 is 13.8. The maximum absolute atomic E-state index is 6.94. The van der Waals surface area contributed by atoms with Gasteiger partial charge in [0.05, 0.1) is 0 Å². The van der Waals surface area contributed by atoms with Crippen molar-refractivity contribution in [2.24, 2.45) is 0 Å². The van der Waals surface area contributed by atoms with E-state index < -0.39 is 8.07 Å². The van der Waals surface area contributed by atoms with Crippen molar-refractivity contribution in [3.05, 3.63) is 205 Å². The van der Waals surface area contributed by atoms with Crippen molar-refractivity contribution in [1.82, 2.24) is 0 Å². The van der Waals surface area contributed by atoms with Crippen LogP contribution < -0.4 is 63.0 Å². The van der Waals surface area contributed by atoms with Crippen LogP contribution in [0.3, 0.4) is 0 Å². The molecule has 4 heterocycles. The lowest BCUT2D eigenvalue weighted by molar-refractivity contribution is 0.487. The normalized spacial score (nSPS) is 13.6. The van der Waals surface area contributed by atoms with Crippen molar-refractivity contribution in [2.45, 2.75) is 20.8 Å². The van der Waals surface area contributed by atoms with Gasteiger partial charge in [0.15, 0.2) is 8.07 Å². The van der Waals surface area contributed by atoms with E-state index in [9.17, 15) is 0 Å². The van der Waals surface area contributed by atoms with Gasteiger partial charge in [-0.1, -0.05) is 175 Å². The van der Waals surface area contributed by atoms with E-state index in [2.05, 4.69) is 209 Å². The number of rotatable bonds is 4. The number of benzene rings is 11. The van der Waals surface area contributed by atoms with Crippen molar-refractivity contribution in [1.29, 1.82) is 0 Å². The van der Waals surface area contributed by atoms with Crippen LogP contribution in [0.25, 0.3) is 54.6 Å². The second-order valence-corrected chi connectivity index (χ2v) is 23.0. The van der Waals surface area contributed by atoms with Crippen LogP contribution in [0.4, 0.5) is 0 Å². The summed E-state index contributed by atoms with van der Waals surface area (Å²) in [4.78, 5) is 0. The number of aryl methyl sites for hydroxylation is 3. The van der Waals surface area contributed by atoms with Crippen LogP contribution >= 0.6 is 0 Å². The zero-order valence-electron chi connectivity index (χ0n) is 36.9. The lowest BCUT2D eigenvalue weighted by Crippen LogP contribution is -2.75. The van der Waals surface area contributed by atoms with Gasteiger partial charge in [0.25, 0.3) is 13.4 Å². The fourth-order valence-electron chi connectivity index (χ4n) is 13.2. The first-order chi connectivity index (χ1) is 32.5. The Morgan fingerprint density at radius 3 is 1.27 bits per heavy atom. The minimum atomic E-state index is -3.13. The zero-order chi connectivity index (χ0) is 43.6. The summed E-state index contributed by atoms with van der Waals surface area (Å²) in [6.45, 7) is 6.80. The highest BCUT2D eigenvalue weighted by Crippen LogP contribution is 2.47. The molecule has 0 bridgehead atoms. The van der Waals surface area contributed by atoms with Crippen molar-refractivity contribution in [2.75, 3.05) is 0 Å². The summed E-state index contributed by atoms with van der Waals surface area (Å²) in [6.07, 6.45) is 0. The van der Waals surface area contributed by atoms with E-state index >= 15 is 0 Å². The molecule has 0 aliphatic carbocycles. The molecule has 0 unspecified atom stereocenters. The number of hydrogen-bond donors (Lipinski definition) is 0. The van der Waals surface area contributed by atoms with Crippen molar-refractivity contribution >= 4 is 107 Å². The van der Waals surface area contributed by atoms with Gasteiger partial charge in [0.1, 0.15) is 23.0 Å². The van der Waals surface area contributed by atoms with Crippen LogP contribution in [-0.2, 0) is 0 Å². The summed E-state index contributed by atoms with van der Waals surface area (Å²) in [5.74, 6) is 3.82. The second kappa shape index (κ2) is 13.0. The third kappa shape index (κ3) is 4.58. The second-order valence-electron chi connectivity index (χ2n) is 19.2. The fraction of sp³-hybridized carbons (Fsp3) is 0.0492. The summed E-state index contributed by atoms with van der Waals surface area (Å²) in [7, 11) is -3.13. The third-order valence-electron chi connectivity index (χ3n) is 15.6. The smallest absolute Gasteiger partial charge is 0.252 e. The maximum atomic E-state index is 6.94. The molecule has 4 aliphatic heterocycles. The van der Waals surface area contributed by atoms with Crippen molar-refractivity contribution < 1.29 is 9.47 Å². The molecule has 0 saturated heterocycles. The molecular formula is C61H40B2O2Si. The van der Waals surface area contributed by atoms with Gasteiger partial charge in [-0.05, 0) is 159 Å². The first-order valence-electron chi connectivity index (χ1n) is 23.3. The predicted octanol–water partition coefficient (Wildman–Crippen LogP) is 8.09. The van der Waals surface area contributed by atoms with Crippen LogP contribution in [0.2, 0.25) is 0 Å². The molecule has 66 heavy (non-hydrogen) atoms. The van der Waals surface area contributed by atoms with Gasteiger partial charge in [-0.2, -0.15) is 0 Å². The molecular weight excluding hydrogens is 814 g/mol. The Labute approximate surface area is 385 Å². The van der Waals surface area contributed by atoms with Gasteiger partial charge in [-0.3, -0.25) is 0 Å². The van der Waals surface area contributed by atoms with Gasteiger partial charge >= 0.3 is 0 Å². The van der Waals surface area contributed by atoms with E-state index in [4.69, 9.17) is 9.47 Å². The fourth-order valence-corrected chi connectivity index (χ4v) is 18.2. The standard InChI is InChI=1S/C61H40B2O2Si/c1-35-27-44-42-31-37(3)41-32-49-57-43(45-28-36(2)30-54-61(45)62(49)47-23-13-15-25-51(47)65-54)34-55(66(38-17-7-4-8-18-38,39-19-9-5-10-20-39)40-21-11-6-12-22-40)46-33-50(56(42)58(41)59(46)57)63-48-24-14-16-26-52(48)64-53(29-35)60(44)63/h4-34H,1-3H3. The molecule has 4 aliphatic rings. The highest BCUT2D eigenvalue weighted by atomic mass is 28.3. The lowest BCUT2D eigenvalue weighted by Gasteiger charge is -2.40. The van der Waals surface area contributed by atoms with Gasteiger partial charge in [-0.25, -0.2) is 0 Å². The average molecular weight is 855 g/mol. The molecule has 15 rings (SSSR count). The lowest BCUT2D eigenvalue weighted by atomic mass is 9.32. The van der Waals surface area contributed by atoms with Crippen molar-refractivity contribution in [3.8, 4) is 45.3 Å². The summed E-state index contributed by atoms with van der Waals surface area (Å²) in [5, 5.41) is 13.7. The first-order valence-corrected chi connectivity index (χ1v) is 25.3. The topological polar surface area (TPSA) is 18.5 Å². The van der Waals surface area contributed by atoms with Crippen LogP contribution in [0, 0.1) is 20.8 Å². The predicted molar refractivity (Wildman–Crippen MR) is 281 cm³/mol. The molecule has 0 radical (unpaired) electrons. The molecule has 11 aromatic rings. The molecule has 5 heteroatoms. The monoisotopic (exact) mass is 854 g/mol. The van der Waals surface area contributed by atoms with E-state index in [1.165, 1.54) is 125 Å². The summed E-state index contributed by atoms with van der Waals surface area (Å²) in [5.41, 5.74) is 16.6. The molecule has 0 spiro atoms. The Morgan fingerprint density at radius 1 is 0.348 bits per heavy atom. The number of fused-ring (bicyclic) bond motifs is 8. The number of hydrogen-bond acceptors (Lipinski definition) is 2. The van der Waals surface area contributed by atoms with Crippen LogP contribution in [0.15, 0.2) is 188 Å². The molecule has 0 amide bonds. The molecule has 306 valence electrons. The molecule has 0 atom stereocenters. The minimum absolute atomic E-state index is 0.00295. The van der Waals surface area contributed by atoms with E-state index in [-0.39, 0.29) is 13.4 Å². The van der Waals surface area contributed by atoms with Crippen LogP contribution in [0.1, 0.15) is 16.7 Å². The molecule has 0 N–H and O–H groups in total. The zero-order valence-corrected chi connectivity index (χ0v) is 37.9. The highest BCUT2D eigenvalue weighted by molar-refractivity contribution is 7.21. The first kappa shape index (κ1) is 36.7. The largest absolute Gasteiger partial charge is 0.458 e. The number of para-hydroxylation sites is 2. The van der Waals surface area contributed by atoms with E-state index in [1.807, 2.05) is 0 Å². The molecule has 11 aromatic carbocycles. The van der Waals surface area contributed by atoms with E-state index in [0.717, 1.165) is 23.0 Å². The van der Waals surface area contributed by atoms with Gasteiger partial charge in [0.2, 0.25) is 0 Å². The Hall–Kier alpha value is -7.59. The number of ether oxygens (including phenoxy) is 2. The maximum Gasteiger partial charge on any atom is 0.252 e. The van der Waals surface area contributed by atoms with Gasteiger partial charge < -0.3 is 9.47 Å². The summed E-state index contributed by atoms with van der Waals surface area (Å²) >= 11 is 0. The van der Waals surface area contributed by atoms with E-state index in [0.29, 0.717) is 0 Å². The average Bonchev–Trinajstić information content (AvgIpc) is 3.35. The Bertz CT molecular complexity index is 3820. The van der Waals surface area contributed by atoms with Crippen molar-refractivity contribution in [3.63, 3.8) is 0 Å². The van der Waals surface area contributed by atoms with Crippen LogP contribution in [-0.4, -0.2) is 21.5 Å². The van der Waals surface area contributed by atoms with Gasteiger partial charge in [0, 0.05) is 0 Å². The van der Waals surface area contributed by atoms with E-state index in [1.54, 1.807) is 0 Å². The summed E-state index contributed by atoms with van der Waals surface area (Å²) in [6, 6.07) is 71.7. The highest BCUT2D eigenvalue weighted by Gasteiger charge is 2.48. The molecule has 0 saturated carbocycles. The molecule has 0 fully saturated rings. The molecule has 2 nitrogen and oxygen atoms in total. The molecule has 0 aromatic heterocycles. The Morgan fingerprint density at radius 2 is 0.773 bits per heavy atom. The minimum Gasteiger partial charge on any atom is -0.458 e. The van der Waals surface area contributed by atoms with Gasteiger partial charge in [-0.15, -0.1) is 0 Å². The van der Waals surface area contributed by atoms with Crippen LogP contribution in [0.5, 0.6) is 23.0 Å². The quantitative estimate of drug-likeness (QED) is 0.101. The Kier molecular flexibility index (Phi) is 7.25. The SMILES string of the molecule is Cc1cc2c3c(c1)-c1cc(C)c4cc5c6c(cc([Si](c7ccccc7)(c7ccccc7)c7ccccc7)c7cc(c1c4c76)B3c1ccccc1O2)-c1cc(C)cc2c1B5c1ccccc1O2. The Balaban J connectivity index is 1.23.